The minimum absolute atomic E-state index is 0.0945. The predicted octanol–water partition coefficient (Wildman–Crippen LogP) is 5.07. The lowest BCUT2D eigenvalue weighted by atomic mass is 9.56. The molecule has 0 spiro atoms. The molecule has 1 aliphatic heterocycles. The molecular weight excluding hydrogens is 358 g/mol. The number of amides is 1. The van der Waals surface area contributed by atoms with Gasteiger partial charge in [0.25, 0.3) is 5.91 Å². The number of hydrogen-bond donors (Lipinski definition) is 0. The molecule has 2 rings (SSSR count). The monoisotopic (exact) mass is 395 g/mol. The maximum absolute atomic E-state index is 13.1. The summed E-state index contributed by atoms with van der Waals surface area (Å²) in [6.45, 7) is 14.6. The molecule has 4 nitrogen and oxygen atoms in total. The van der Waals surface area contributed by atoms with E-state index in [0.29, 0.717) is 5.92 Å². The molecular formula is C22H37NO3S. The van der Waals surface area contributed by atoms with Crippen molar-refractivity contribution in [1.29, 1.82) is 0 Å². The molecule has 154 valence electrons. The summed E-state index contributed by atoms with van der Waals surface area (Å²) in [6, 6.07) is -0.222. The maximum atomic E-state index is 13.1. The van der Waals surface area contributed by atoms with Crippen molar-refractivity contribution in [3.8, 4) is 0 Å². The minimum Gasteiger partial charge on any atom is -0.269 e. The molecule has 1 heterocycles. The lowest BCUT2D eigenvalue weighted by molar-refractivity contribution is -0.126. The van der Waals surface area contributed by atoms with Gasteiger partial charge in [-0.2, -0.15) is 0 Å². The fourth-order valence-electron chi connectivity index (χ4n) is 4.79. The Morgan fingerprint density at radius 2 is 1.85 bits per heavy atom. The average molecular weight is 396 g/mol. The number of carbonyl (C=O) groups excluding carboxylic acids is 1. The van der Waals surface area contributed by atoms with Gasteiger partial charge in [0.2, 0.25) is 10.0 Å². The summed E-state index contributed by atoms with van der Waals surface area (Å²) in [5.74, 6) is 0.184. The molecule has 3 atom stereocenters. The van der Waals surface area contributed by atoms with Crippen LogP contribution in [0.2, 0.25) is 0 Å². The van der Waals surface area contributed by atoms with Crippen LogP contribution in [0.4, 0.5) is 0 Å². The van der Waals surface area contributed by atoms with E-state index in [-0.39, 0.29) is 28.5 Å². The summed E-state index contributed by atoms with van der Waals surface area (Å²) in [7, 11) is -3.59. The van der Waals surface area contributed by atoms with E-state index in [0.717, 1.165) is 37.7 Å². The van der Waals surface area contributed by atoms with Gasteiger partial charge in [-0.3, -0.25) is 4.79 Å². The number of fused-ring (bicyclic) bond motifs is 1. The summed E-state index contributed by atoms with van der Waals surface area (Å²) in [5.41, 5.74) is 1.67. The highest BCUT2D eigenvalue weighted by atomic mass is 32.2. The molecule has 0 N–H and O–H groups in total. The first kappa shape index (κ1) is 22.2. The van der Waals surface area contributed by atoms with Gasteiger partial charge in [-0.05, 0) is 64.2 Å². The largest absolute Gasteiger partial charge is 0.269 e. The van der Waals surface area contributed by atoms with Crippen LogP contribution in [0.5, 0.6) is 0 Å². The zero-order valence-electron chi connectivity index (χ0n) is 18.1. The molecule has 0 bridgehead atoms. The van der Waals surface area contributed by atoms with Crippen LogP contribution in [-0.4, -0.2) is 30.4 Å². The average Bonchev–Trinajstić information content (AvgIpc) is 2.73. The molecule has 1 aliphatic carbocycles. The number of hydrogen-bond acceptors (Lipinski definition) is 3. The van der Waals surface area contributed by atoms with Crippen LogP contribution in [0.25, 0.3) is 0 Å². The zero-order valence-corrected chi connectivity index (χ0v) is 18.9. The molecule has 5 heteroatoms. The van der Waals surface area contributed by atoms with E-state index in [9.17, 15) is 13.2 Å². The molecule has 3 unspecified atom stereocenters. The van der Waals surface area contributed by atoms with Crippen LogP contribution in [0.3, 0.4) is 0 Å². The third kappa shape index (κ3) is 4.49. The van der Waals surface area contributed by atoms with E-state index in [4.69, 9.17) is 0 Å². The summed E-state index contributed by atoms with van der Waals surface area (Å²) < 4.78 is 27.4. The van der Waals surface area contributed by atoms with E-state index >= 15 is 0 Å². The highest BCUT2D eigenvalue weighted by Crippen LogP contribution is 2.57. The van der Waals surface area contributed by atoms with Crippen LogP contribution < -0.4 is 0 Å². The van der Waals surface area contributed by atoms with Crippen LogP contribution in [0.15, 0.2) is 23.3 Å². The molecule has 2 aliphatic rings. The van der Waals surface area contributed by atoms with Crippen molar-refractivity contribution in [1.82, 2.24) is 4.31 Å². The summed E-state index contributed by atoms with van der Waals surface area (Å²) in [5, 5.41) is 0. The Kier molecular flexibility index (Phi) is 6.35. The summed E-state index contributed by atoms with van der Waals surface area (Å²) >= 11 is 0. The molecule has 27 heavy (non-hydrogen) atoms. The lowest BCUT2D eigenvalue weighted by Crippen LogP contribution is -2.52. The van der Waals surface area contributed by atoms with Crippen molar-refractivity contribution in [3.63, 3.8) is 0 Å². The molecule has 1 amide bonds. The molecule has 1 saturated heterocycles. The van der Waals surface area contributed by atoms with Gasteiger partial charge in [0.05, 0.1) is 11.8 Å². The van der Waals surface area contributed by atoms with E-state index in [1.165, 1.54) is 9.88 Å². The summed E-state index contributed by atoms with van der Waals surface area (Å²) in [6.07, 6.45) is 8.01. The SMILES string of the molecule is CC(C)=CCC/C(C)=C\C(=O)N1C2CC(C)CCC2(C(C)(C)C)CS1(=O)=O. The van der Waals surface area contributed by atoms with Gasteiger partial charge in [-0.15, -0.1) is 0 Å². The van der Waals surface area contributed by atoms with Gasteiger partial charge in [0.1, 0.15) is 0 Å². The maximum Gasteiger partial charge on any atom is 0.260 e. The van der Waals surface area contributed by atoms with Crippen LogP contribution in [-0.2, 0) is 14.8 Å². The first-order chi connectivity index (χ1) is 12.3. The second kappa shape index (κ2) is 7.73. The van der Waals surface area contributed by atoms with Crippen molar-refractivity contribution in [2.45, 2.75) is 86.6 Å². The van der Waals surface area contributed by atoms with Crippen LogP contribution in [0.1, 0.15) is 80.6 Å². The fourth-order valence-corrected chi connectivity index (χ4v) is 7.35. The lowest BCUT2D eigenvalue weighted by Gasteiger charge is -2.50. The van der Waals surface area contributed by atoms with Crippen molar-refractivity contribution >= 4 is 15.9 Å². The van der Waals surface area contributed by atoms with Crippen molar-refractivity contribution in [2.24, 2.45) is 16.7 Å². The second-order valence-corrected chi connectivity index (χ2v) is 11.8. The third-order valence-electron chi connectivity index (χ3n) is 6.54. The molecule has 0 radical (unpaired) electrons. The van der Waals surface area contributed by atoms with Gasteiger partial charge in [-0.1, -0.05) is 44.9 Å². The van der Waals surface area contributed by atoms with E-state index in [1.807, 2.05) is 6.92 Å². The van der Waals surface area contributed by atoms with Crippen molar-refractivity contribution < 1.29 is 13.2 Å². The van der Waals surface area contributed by atoms with Crippen LogP contribution >= 0.6 is 0 Å². The van der Waals surface area contributed by atoms with E-state index in [2.05, 4.69) is 47.6 Å². The molecule has 2 fully saturated rings. The second-order valence-electron chi connectivity index (χ2n) is 10.0. The van der Waals surface area contributed by atoms with Crippen molar-refractivity contribution in [2.75, 3.05) is 5.75 Å². The standard InChI is InChI=1S/C22H37NO3S/c1-16(2)9-8-10-17(3)14-20(24)23-19-13-18(4)11-12-22(19,21(5,6)7)15-27(23,25)26/h9,14,18-19H,8,10-13,15H2,1-7H3/b17-14-. The quantitative estimate of drug-likeness (QED) is 0.493. The fraction of sp³-hybridized carbons (Fsp3) is 0.773. The Morgan fingerprint density at radius 3 is 2.41 bits per heavy atom. The van der Waals surface area contributed by atoms with Gasteiger partial charge in [-0.25, -0.2) is 12.7 Å². The number of nitrogens with zero attached hydrogens (tertiary/aromatic N) is 1. The zero-order chi connectivity index (χ0) is 20.6. The van der Waals surface area contributed by atoms with Gasteiger partial charge in [0.15, 0.2) is 0 Å². The Balaban J connectivity index is 2.34. The van der Waals surface area contributed by atoms with E-state index in [1.54, 1.807) is 6.08 Å². The topological polar surface area (TPSA) is 54.5 Å². The Morgan fingerprint density at radius 1 is 1.22 bits per heavy atom. The van der Waals surface area contributed by atoms with Gasteiger partial charge in [0, 0.05) is 11.5 Å². The smallest absolute Gasteiger partial charge is 0.260 e. The highest BCUT2D eigenvalue weighted by molar-refractivity contribution is 7.90. The molecule has 0 aromatic rings. The van der Waals surface area contributed by atoms with Crippen molar-refractivity contribution in [3.05, 3.63) is 23.3 Å². The minimum atomic E-state index is -3.59. The van der Waals surface area contributed by atoms with Crippen LogP contribution in [0, 0.1) is 16.7 Å². The molecule has 0 aromatic carbocycles. The van der Waals surface area contributed by atoms with Gasteiger partial charge >= 0.3 is 0 Å². The third-order valence-corrected chi connectivity index (χ3v) is 8.46. The Hall–Kier alpha value is -1.10. The van der Waals surface area contributed by atoms with Gasteiger partial charge < -0.3 is 0 Å². The normalized spacial score (nSPS) is 30.8. The predicted molar refractivity (Wildman–Crippen MR) is 112 cm³/mol. The molecule has 0 aromatic heterocycles. The Labute approximate surface area is 166 Å². The first-order valence-corrected chi connectivity index (χ1v) is 11.8. The van der Waals surface area contributed by atoms with E-state index < -0.39 is 10.0 Å². The summed E-state index contributed by atoms with van der Waals surface area (Å²) in [4.78, 5) is 13.1. The highest BCUT2D eigenvalue weighted by Gasteiger charge is 2.62. The first-order valence-electron chi connectivity index (χ1n) is 10.2. The number of sulfonamides is 1. The Bertz CT molecular complexity index is 738. The molecule has 1 saturated carbocycles. The number of allylic oxidation sites excluding steroid dienone is 3. The number of carbonyl (C=O) groups is 1. The number of rotatable bonds is 4.